The van der Waals surface area contributed by atoms with Gasteiger partial charge in [0, 0.05) is 22.3 Å². The molecule has 0 heterocycles. The lowest BCUT2D eigenvalue weighted by Gasteiger charge is -2.03. The molecule has 0 saturated heterocycles. The number of nitrogens with zero attached hydrogens (tertiary/aromatic N) is 1. The number of hydrogen-bond donors (Lipinski definition) is 0. The molecular weight excluding hydrogens is 281 g/mol. The van der Waals surface area contributed by atoms with Gasteiger partial charge in [0.05, 0.1) is 11.0 Å². The molecule has 0 amide bonds. The number of benzene rings is 2. The van der Waals surface area contributed by atoms with E-state index in [1.807, 2.05) is 6.07 Å². The molecule has 2 aromatic rings. The number of rotatable bonds is 5. The SMILES string of the molecule is O=Cc1cccc(SCc2cc(F)cc([N+](=O)[O-])c2)c1. The Morgan fingerprint density at radius 1 is 1.25 bits per heavy atom. The molecule has 0 unspecified atom stereocenters. The third-order valence-electron chi connectivity index (χ3n) is 2.55. The van der Waals surface area contributed by atoms with E-state index in [1.165, 1.54) is 23.9 Å². The first kappa shape index (κ1) is 14.2. The average molecular weight is 291 g/mol. The Balaban J connectivity index is 2.14. The van der Waals surface area contributed by atoms with Crippen LogP contribution in [0.5, 0.6) is 0 Å². The molecule has 0 atom stereocenters. The van der Waals surface area contributed by atoms with Crippen LogP contribution in [0, 0.1) is 15.9 Å². The summed E-state index contributed by atoms with van der Waals surface area (Å²) in [7, 11) is 0. The summed E-state index contributed by atoms with van der Waals surface area (Å²) in [5.74, 6) is -0.239. The number of carbonyl (C=O) groups is 1. The monoisotopic (exact) mass is 291 g/mol. The second kappa shape index (κ2) is 6.29. The lowest BCUT2D eigenvalue weighted by molar-refractivity contribution is -0.385. The van der Waals surface area contributed by atoms with Crippen molar-refractivity contribution in [3.8, 4) is 0 Å². The van der Waals surface area contributed by atoms with Crippen LogP contribution < -0.4 is 0 Å². The van der Waals surface area contributed by atoms with Crippen molar-refractivity contribution in [3.63, 3.8) is 0 Å². The highest BCUT2D eigenvalue weighted by molar-refractivity contribution is 7.98. The van der Waals surface area contributed by atoms with Crippen molar-refractivity contribution in [3.05, 3.63) is 69.5 Å². The lowest BCUT2D eigenvalue weighted by atomic mass is 10.2. The van der Waals surface area contributed by atoms with Gasteiger partial charge in [-0.1, -0.05) is 12.1 Å². The van der Waals surface area contributed by atoms with Gasteiger partial charge in [0.25, 0.3) is 5.69 Å². The highest BCUT2D eigenvalue weighted by atomic mass is 32.2. The zero-order chi connectivity index (χ0) is 14.5. The zero-order valence-corrected chi connectivity index (χ0v) is 11.1. The van der Waals surface area contributed by atoms with Crippen LogP contribution in [-0.4, -0.2) is 11.2 Å². The van der Waals surface area contributed by atoms with E-state index < -0.39 is 10.7 Å². The fourth-order valence-corrected chi connectivity index (χ4v) is 2.56. The number of nitro benzene ring substituents is 1. The lowest BCUT2D eigenvalue weighted by Crippen LogP contribution is -1.92. The van der Waals surface area contributed by atoms with Gasteiger partial charge in [-0.05, 0) is 23.8 Å². The normalized spacial score (nSPS) is 10.2. The fourth-order valence-electron chi connectivity index (χ4n) is 1.67. The van der Waals surface area contributed by atoms with Crippen LogP contribution in [0.1, 0.15) is 15.9 Å². The molecule has 0 aliphatic carbocycles. The van der Waals surface area contributed by atoms with Gasteiger partial charge in [0.1, 0.15) is 12.1 Å². The number of nitro groups is 1. The molecule has 2 rings (SSSR count). The molecule has 0 aliphatic rings. The van der Waals surface area contributed by atoms with Crippen LogP contribution in [0.15, 0.2) is 47.4 Å². The summed E-state index contributed by atoms with van der Waals surface area (Å²) in [6.07, 6.45) is 0.747. The molecule has 0 N–H and O–H groups in total. The number of hydrogen-bond acceptors (Lipinski definition) is 4. The van der Waals surface area contributed by atoms with Crippen LogP contribution in [0.3, 0.4) is 0 Å². The Morgan fingerprint density at radius 2 is 2.05 bits per heavy atom. The minimum absolute atomic E-state index is 0.262. The van der Waals surface area contributed by atoms with Crippen molar-refractivity contribution in [1.82, 2.24) is 0 Å². The first-order valence-electron chi connectivity index (χ1n) is 5.70. The number of carbonyl (C=O) groups excluding carboxylic acids is 1. The molecule has 0 radical (unpaired) electrons. The summed E-state index contributed by atoms with van der Waals surface area (Å²) in [5.41, 5.74) is 0.820. The number of halogens is 1. The second-order valence-electron chi connectivity index (χ2n) is 4.05. The third kappa shape index (κ3) is 3.64. The quantitative estimate of drug-likeness (QED) is 0.363. The molecule has 0 saturated carbocycles. The van der Waals surface area contributed by atoms with Gasteiger partial charge in [0.15, 0.2) is 0 Å². The van der Waals surface area contributed by atoms with Crippen LogP contribution >= 0.6 is 11.8 Å². The Labute approximate surface area is 118 Å². The van der Waals surface area contributed by atoms with E-state index >= 15 is 0 Å². The predicted octanol–water partition coefficient (Wildman–Crippen LogP) is 3.84. The van der Waals surface area contributed by atoms with Crippen LogP contribution in [0.2, 0.25) is 0 Å². The Bertz CT molecular complexity index is 661. The molecule has 0 aliphatic heterocycles. The third-order valence-corrected chi connectivity index (χ3v) is 3.62. The van der Waals surface area contributed by atoms with Gasteiger partial charge in [-0.2, -0.15) is 0 Å². The summed E-state index contributed by atoms with van der Waals surface area (Å²) >= 11 is 1.38. The fraction of sp³-hybridized carbons (Fsp3) is 0.0714. The summed E-state index contributed by atoms with van der Waals surface area (Å²) in [6.45, 7) is 0. The van der Waals surface area contributed by atoms with Gasteiger partial charge in [-0.15, -0.1) is 11.8 Å². The second-order valence-corrected chi connectivity index (χ2v) is 5.10. The largest absolute Gasteiger partial charge is 0.298 e. The van der Waals surface area contributed by atoms with Crippen molar-refractivity contribution in [1.29, 1.82) is 0 Å². The molecule has 0 bridgehead atoms. The highest BCUT2D eigenvalue weighted by Gasteiger charge is 2.10. The standard InChI is InChI=1S/C14H10FNO3S/c15-12-4-11(5-13(7-12)16(18)19)9-20-14-3-1-2-10(6-14)8-17/h1-8H,9H2. The first-order valence-corrected chi connectivity index (χ1v) is 6.69. The van der Waals surface area contributed by atoms with Gasteiger partial charge in [0.2, 0.25) is 0 Å². The van der Waals surface area contributed by atoms with Gasteiger partial charge < -0.3 is 0 Å². The maximum atomic E-state index is 13.3. The molecule has 0 fully saturated rings. The summed E-state index contributed by atoms with van der Waals surface area (Å²) in [4.78, 5) is 21.5. The maximum Gasteiger partial charge on any atom is 0.272 e. The van der Waals surface area contributed by atoms with Crippen LogP contribution in [0.4, 0.5) is 10.1 Å². The van der Waals surface area contributed by atoms with Gasteiger partial charge >= 0.3 is 0 Å². The maximum absolute atomic E-state index is 13.3. The molecule has 4 nitrogen and oxygen atoms in total. The van der Waals surface area contributed by atoms with E-state index in [1.54, 1.807) is 18.2 Å². The van der Waals surface area contributed by atoms with Gasteiger partial charge in [-0.3, -0.25) is 14.9 Å². The summed E-state index contributed by atoms with van der Waals surface area (Å²) in [6, 6.07) is 10.5. The Hall–Kier alpha value is -2.21. The topological polar surface area (TPSA) is 60.2 Å². The molecule has 2 aromatic carbocycles. The van der Waals surface area contributed by atoms with Crippen molar-refractivity contribution in [2.75, 3.05) is 0 Å². The Kier molecular flexibility index (Phi) is 4.47. The molecule has 6 heteroatoms. The first-order chi connectivity index (χ1) is 9.58. The number of non-ortho nitro benzene ring substituents is 1. The summed E-state index contributed by atoms with van der Waals surface area (Å²) in [5, 5.41) is 10.7. The minimum Gasteiger partial charge on any atom is -0.298 e. The number of aldehydes is 1. The van der Waals surface area contributed by atoms with Gasteiger partial charge in [-0.25, -0.2) is 4.39 Å². The van der Waals surface area contributed by atoms with E-state index in [0.717, 1.165) is 17.2 Å². The highest BCUT2D eigenvalue weighted by Crippen LogP contribution is 2.25. The van der Waals surface area contributed by atoms with E-state index in [-0.39, 0.29) is 5.69 Å². The smallest absolute Gasteiger partial charge is 0.272 e. The van der Waals surface area contributed by atoms with Crippen molar-refractivity contribution in [2.24, 2.45) is 0 Å². The van der Waals surface area contributed by atoms with E-state index in [2.05, 4.69) is 0 Å². The molecule has 20 heavy (non-hydrogen) atoms. The van der Waals surface area contributed by atoms with Crippen LogP contribution in [-0.2, 0) is 5.75 Å². The molecular formula is C14H10FNO3S. The summed E-state index contributed by atoms with van der Waals surface area (Å²) < 4.78 is 13.3. The van der Waals surface area contributed by atoms with E-state index in [9.17, 15) is 19.3 Å². The number of thioether (sulfide) groups is 1. The zero-order valence-electron chi connectivity index (χ0n) is 10.3. The molecule has 102 valence electrons. The van der Waals surface area contributed by atoms with Crippen molar-refractivity contribution >= 4 is 23.7 Å². The van der Waals surface area contributed by atoms with Crippen molar-refractivity contribution in [2.45, 2.75) is 10.6 Å². The predicted molar refractivity (Wildman–Crippen MR) is 74.4 cm³/mol. The molecule has 0 aromatic heterocycles. The molecule has 0 spiro atoms. The van der Waals surface area contributed by atoms with E-state index in [4.69, 9.17) is 0 Å². The van der Waals surface area contributed by atoms with Crippen molar-refractivity contribution < 1.29 is 14.1 Å². The minimum atomic E-state index is -0.628. The van der Waals surface area contributed by atoms with Crippen LogP contribution in [0.25, 0.3) is 0 Å². The Morgan fingerprint density at radius 3 is 2.75 bits per heavy atom. The average Bonchev–Trinajstić information content (AvgIpc) is 2.44. The van der Waals surface area contributed by atoms with E-state index in [0.29, 0.717) is 16.9 Å².